The van der Waals surface area contributed by atoms with E-state index in [1.165, 1.54) is 0 Å². The first kappa shape index (κ1) is 16.4. The van der Waals surface area contributed by atoms with E-state index in [0.717, 1.165) is 28.0 Å². The monoisotopic (exact) mass is 344 g/mol. The summed E-state index contributed by atoms with van der Waals surface area (Å²) in [6, 6.07) is 26.8. The van der Waals surface area contributed by atoms with Crippen molar-refractivity contribution in [2.24, 2.45) is 0 Å². The van der Waals surface area contributed by atoms with Crippen molar-refractivity contribution in [2.75, 3.05) is 6.61 Å². The minimum Gasteiger partial charge on any atom is -0.492 e. The van der Waals surface area contributed by atoms with E-state index in [2.05, 4.69) is 41.2 Å². The van der Waals surface area contributed by atoms with E-state index in [-0.39, 0.29) is 11.9 Å². The van der Waals surface area contributed by atoms with Crippen molar-refractivity contribution in [3.05, 3.63) is 78.9 Å². The maximum absolute atomic E-state index is 11.3. The highest BCUT2D eigenvalue weighted by molar-refractivity contribution is 5.78. The van der Waals surface area contributed by atoms with Crippen LogP contribution < -0.4 is 15.6 Å². The van der Waals surface area contributed by atoms with Crippen molar-refractivity contribution in [3.63, 3.8) is 0 Å². The van der Waals surface area contributed by atoms with Gasteiger partial charge in [0.1, 0.15) is 12.4 Å². The van der Waals surface area contributed by atoms with Crippen LogP contribution in [0.2, 0.25) is 0 Å². The van der Waals surface area contributed by atoms with E-state index in [9.17, 15) is 4.79 Å². The number of hydrogen-bond donors (Lipinski definition) is 2. The Morgan fingerprint density at radius 2 is 1.38 bits per heavy atom. The van der Waals surface area contributed by atoms with Gasteiger partial charge >= 0.3 is 0 Å². The molecule has 0 saturated carbocycles. The molecule has 4 rings (SSSR count). The molecule has 26 heavy (non-hydrogen) atoms. The molecule has 2 N–H and O–H groups in total. The first-order chi connectivity index (χ1) is 12.8. The number of carbonyl (C=O) groups is 1. The highest BCUT2D eigenvalue weighted by Gasteiger charge is 2.21. The molecule has 1 heterocycles. The summed E-state index contributed by atoms with van der Waals surface area (Å²) in [6.45, 7) is 0.436. The van der Waals surface area contributed by atoms with Gasteiger partial charge in [0, 0.05) is 6.42 Å². The molecule has 0 aliphatic carbocycles. The van der Waals surface area contributed by atoms with Crippen molar-refractivity contribution < 1.29 is 9.53 Å². The normalized spacial score (nSPS) is 16.3. The third-order valence-electron chi connectivity index (χ3n) is 4.42. The van der Waals surface area contributed by atoms with Gasteiger partial charge < -0.3 is 4.74 Å². The minimum absolute atomic E-state index is 0.00149. The SMILES string of the molecule is O=C1CC(COc2cc(-c3ccccc3)cc(-c3ccccc3)c2)NN1. The van der Waals surface area contributed by atoms with Crippen LogP contribution in [0.15, 0.2) is 78.9 Å². The van der Waals surface area contributed by atoms with Crippen molar-refractivity contribution in [1.82, 2.24) is 10.9 Å². The Labute approximate surface area is 152 Å². The molecule has 1 aliphatic heterocycles. The van der Waals surface area contributed by atoms with E-state index in [0.29, 0.717) is 13.0 Å². The number of ether oxygens (including phenoxy) is 1. The Bertz CT molecular complexity index is 837. The van der Waals surface area contributed by atoms with Gasteiger partial charge in [-0.3, -0.25) is 10.2 Å². The van der Waals surface area contributed by atoms with Crippen LogP contribution in [-0.4, -0.2) is 18.6 Å². The quantitative estimate of drug-likeness (QED) is 0.740. The number of rotatable bonds is 5. The topological polar surface area (TPSA) is 50.4 Å². The van der Waals surface area contributed by atoms with Crippen LogP contribution in [0.25, 0.3) is 22.3 Å². The van der Waals surface area contributed by atoms with Gasteiger partial charge in [-0.25, -0.2) is 5.43 Å². The maximum atomic E-state index is 11.3. The fraction of sp³-hybridized carbons (Fsp3) is 0.136. The van der Waals surface area contributed by atoms with Gasteiger partial charge in [0.15, 0.2) is 0 Å². The predicted octanol–water partition coefficient (Wildman–Crippen LogP) is 3.79. The molecule has 1 aliphatic rings. The minimum atomic E-state index is -0.0111. The van der Waals surface area contributed by atoms with Gasteiger partial charge in [0.25, 0.3) is 0 Å². The second-order valence-electron chi connectivity index (χ2n) is 6.38. The molecule has 4 heteroatoms. The Hall–Kier alpha value is -3.11. The smallest absolute Gasteiger partial charge is 0.235 e. The van der Waals surface area contributed by atoms with Crippen LogP contribution in [0.5, 0.6) is 5.75 Å². The highest BCUT2D eigenvalue weighted by Crippen LogP contribution is 2.31. The lowest BCUT2D eigenvalue weighted by molar-refractivity contribution is -0.119. The Balaban J connectivity index is 1.65. The van der Waals surface area contributed by atoms with Crippen molar-refractivity contribution in [1.29, 1.82) is 0 Å². The number of carbonyl (C=O) groups excluding carboxylic acids is 1. The molecule has 0 aromatic heterocycles. The predicted molar refractivity (Wildman–Crippen MR) is 102 cm³/mol. The van der Waals surface area contributed by atoms with E-state index in [1.807, 2.05) is 48.5 Å². The van der Waals surface area contributed by atoms with Gasteiger partial charge in [-0.15, -0.1) is 0 Å². The Morgan fingerprint density at radius 1 is 0.808 bits per heavy atom. The molecule has 3 aromatic rings. The average molecular weight is 344 g/mol. The summed E-state index contributed by atoms with van der Waals surface area (Å²) in [7, 11) is 0. The standard InChI is InChI=1S/C22H20N2O2/c25-22-14-20(23-24-22)15-26-21-12-18(16-7-3-1-4-8-16)11-19(13-21)17-9-5-2-6-10-17/h1-13,20,23H,14-15H2,(H,24,25). The van der Waals surface area contributed by atoms with Crippen LogP contribution in [0.1, 0.15) is 6.42 Å². The summed E-state index contributed by atoms with van der Waals surface area (Å²) in [5.41, 5.74) is 10.1. The Morgan fingerprint density at radius 3 is 1.88 bits per heavy atom. The van der Waals surface area contributed by atoms with Gasteiger partial charge in [0.05, 0.1) is 6.04 Å². The molecule has 1 fully saturated rings. The summed E-state index contributed by atoms with van der Waals surface area (Å²) >= 11 is 0. The zero-order chi connectivity index (χ0) is 17.8. The fourth-order valence-corrected chi connectivity index (χ4v) is 3.08. The van der Waals surface area contributed by atoms with Crippen LogP contribution in [0, 0.1) is 0 Å². The lowest BCUT2D eigenvalue weighted by atomic mass is 9.98. The number of benzene rings is 3. The summed E-state index contributed by atoms with van der Waals surface area (Å²) < 4.78 is 6.01. The van der Waals surface area contributed by atoms with Gasteiger partial charge in [0.2, 0.25) is 5.91 Å². The zero-order valence-corrected chi connectivity index (χ0v) is 14.3. The summed E-state index contributed by atoms with van der Waals surface area (Å²) in [6.07, 6.45) is 0.434. The van der Waals surface area contributed by atoms with Crippen molar-refractivity contribution >= 4 is 5.91 Å². The summed E-state index contributed by atoms with van der Waals surface area (Å²) in [5.74, 6) is 0.799. The third kappa shape index (κ3) is 3.76. The molecule has 0 radical (unpaired) electrons. The van der Waals surface area contributed by atoms with E-state index in [1.54, 1.807) is 0 Å². The molecule has 3 aromatic carbocycles. The molecular formula is C22H20N2O2. The second kappa shape index (κ2) is 7.42. The first-order valence-corrected chi connectivity index (χ1v) is 8.71. The van der Waals surface area contributed by atoms with Crippen molar-refractivity contribution in [3.8, 4) is 28.0 Å². The van der Waals surface area contributed by atoms with E-state index in [4.69, 9.17) is 4.74 Å². The lowest BCUT2D eigenvalue weighted by Gasteiger charge is -2.14. The summed E-state index contributed by atoms with van der Waals surface area (Å²) in [5, 5.41) is 0. The number of hydrogen-bond acceptors (Lipinski definition) is 3. The van der Waals surface area contributed by atoms with Crippen molar-refractivity contribution in [2.45, 2.75) is 12.5 Å². The molecule has 130 valence electrons. The zero-order valence-electron chi connectivity index (χ0n) is 14.3. The largest absolute Gasteiger partial charge is 0.492 e. The van der Waals surface area contributed by atoms with Gasteiger partial charge in [-0.1, -0.05) is 60.7 Å². The summed E-state index contributed by atoms with van der Waals surface area (Å²) in [4.78, 5) is 11.3. The van der Waals surface area contributed by atoms with Crippen LogP contribution in [-0.2, 0) is 4.79 Å². The lowest BCUT2D eigenvalue weighted by Crippen LogP contribution is -2.34. The average Bonchev–Trinajstić information content (AvgIpc) is 3.13. The molecule has 0 bridgehead atoms. The highest BCUT2D eigenvalue weighted by atomic mass is 16.5. The first-order valence-electron chi connectivity index (χ1n) is 8.71. The molecule has 1 amide bonds. The molecule has 4 nitrogen and oxygen atoms in total. The van der Waals surface area contributed by atoms with Crippen LogP contribution >= 0.6 is 0 Å². The molecule has 1 saturated heterocycles. The van der Waals surface area contributed by atoms with E-state index >= 15 is 0 Å². The number of nitrogens with one attached hydrogen (secondary N) is 2. The van der Waals surface area contributed by atoms with E-state index < -0.39 is 0 Å². The fourth-order valence-electron chi connectivity index (χ4n) is 3.08. The number of amides is 1. The number of hydrazine groups is 1. The van der Waals surface area contributed by atoms with Crippen LogP contribution in [0.3, 0.4) is 0 Å². The molecular weight excluding hydrogens is 324 g/mol. The van der Waals surface area contributed by atoms with Gasteiger partial charge in [-0.2, -0.15) is 0 Å². The molecule has 1 unspecified atom stereocenters. The van der Waals surface area contributed by atoms with Crippen LogP contribution in [0.4, 0.5) is 0 Å². The Kier molecular flexibility index (Phi) is 4.67. The third-order valence-corrected chi connectivity index (χ3v) is 4.42. The second-order valence-corrected chi connectivity index (χ2v) is 6.38. The van der Waals surface area contributed by atoms with Gasteiger partial charge in [-0.05, 0) is 40.5 Å². The maximum Gasteiger partial charge on any atom is 0.235 e. The molecule has 1 atom stereocenters. The molecule has 0 spiro atoms.